The summed E-state index contributed by atoms with van der Waals surface area (Å²) in [5.41, 5.74) is 4.08. The Hall–Kier alpha value is -3.06. The zero-order valence-corrected chi connectivity index (χ0v) is 15.2. The highest BCUT2D eigenvalue weighted by atomic mass is 15.3. The predicted octanol–water partition coefficient (Wildman–Crippen LogP) is 2.14. The Morgan fingerprint density at radius 2 is 1.14 bits per heavy atom. The molecule has 6 rings (SSSR count). The van der Waals surface area contributed by atoms with Crippen LogP contribution in [0, 0.1) is 22.7 Å². The van der Waals surface area contributed by atoms with Gasteiger partial charge in [0.15, 0.2) is 0 Å². The summed E-state index contributed by atoms with van der Waals surface area (Å²) in [7, 11) is 0. The maximum absolute atomic E-state index is 9.73. The Morgan fingerprint density at radius 3 is 1.57 bits per heavy atom. The van der Waals surface area contributed by atoms with Gasteiger partial charge >= 0.3 is 0 Å². The summed E-state index contributed by atoms with van der Waals surface area (Å²) in [6.07, 6.45) is 1.32. The van der Waals surface area contributed by atoms with Gasteiger partial charge in [-0.05, 0) is 36.1 Å². The minimum Gasteiger partial charge on any atom is -0.369 e. The van der Waals surface area contributed by atoms with Crippen molar-refractivity contribution in [3.05, 3.63) is 59.7 Å². The highest BCUT2D eigenvalue weighted by Gasteiger charge is 2.71. The van der Waals surface area contributed by atoms with Crippen LogP contribution in [0.15, 0.2) is 48.5 Å². The van der Waals surface area contributed by atoms with E-state index in [0.717, 1.165) is 11.4 Å². The van der Waals surface area contributed by atoms with Gasteiger partial charge in [0.1, 0.15) is 0 Å². The van der Waals surface area contributed by atoms with Crippen LogP contribution in [-0.2, 0) is 10.8 Å². The van der Waals surface area contributed by atoms with Gasteiger partial charge in [-0.3, -0.25) is 10.6 Å². The molecule has 4 heterocycles. The maximum atomic E-state index is 9.73. The summed E-state index contributed by atoms with van der Waals surface area (Å²) in [4.78, 5) is 0. The molecule has 28 heavy (non-hydrogen) atoms. The minimum atomic E-state index is -0.327. The normalized spacial score (nSPS) is 38.9. The minimum absolute atomic E-state index is 0.0516. The van der Waals surface area contributed by atoms with Crippen LogP contribution in [0.4, 0.5) is 11.4 Å². The fourth-order valence-corrected chi connectivity index (χ4v) is 6.38. The Morgan fingerprint density at radius 1 is 0.714 bits per heavy atom. The molecule has 0 saturated carbocycles. The van der Waals surface area contributed by atoms with Crippen LogP contribution in [0.2, 0.25) is 0 Å². The number of nitrogens with one attached hydrogen (secondary N) is 4. The van der Waals surface area contributed by atoms with Crippen molar-refractivity contribution in [1.82, 2.24) is 10.6 Å². The average Bonchev–Trinajstić information content (AvgIpc) is 3.42. The monoisotopic (exact) mass is 368 g/mol. The van der Waals surface area contributed by atoms with Crippen molar-refractivity contribution in [1.29, 1.82) is 10.5 Å². The molecule has 6 nitrogen and oxygen atoms in total. The molecule has 0 aromatic heterocycles. The highest BCUT2D eigenvalue weighted by Crippen LogP contribution is 2.64. The van der Waals surface area contributed by atoms with Crippen molar-refractivity contribution >= 4 is 11.4 Å². The van der Waals surface area contributed by atoms with E-state index in [4.69, 9.17) is 0 Å². The van der Waals surface area contributed by atoms with Gasteiger partial charge in [0, 0.05) is 22.2 Å². The van der Waals surface area contributed by atoms with Gasteiger partial charge in [0.25, 0.3) is 0 Å². The summed E-state index contributed by atoms with van der Waals surface area (Å²) in [6, 6.07) is 21.3. The number of hydrogen-bond acceptors (Lipinski definition) is 6. The second-order valence-corrected chi connectivity index (χ2v) is 8.29. The number of rotatable bonds is 1. The molecule has 0 aliphatic carbocycles. The van der Waals surface area contributed by atoms with Crippen molar-refractivity contribution in [2.75, 3.05) is 10.6 Å². The molecule has 4 N–H and O–H groups in total. The molecule has 4 aliphatic heterocycles. The number of para-hydroxylation sites is 2. The second-order valence-electron chi connectivity index (χ2n) is 8.29. The molecule has 0 amide bonds. The molecule has 2 fully saturated rings. The van der Waals surface area contributed by atoms with Gasteiger partial charge in [-0.1, -0.05) is 36.4 Å². The van der Waals surface area contributed by atoms with Gasteiger partial charge in [-0.25, -0.2) is 0 Å². The molecule has 2 saturated heterocycles. The van der Waals surface area contributed by atoms with E-state index in [1.54, 1.807) is 0 Å². The summed E-state index contributed by atoms with van der Waals surface area (Å²) in [6.45, 7) is 0. The molecule has 0 spiro atoms. The van der Waals surface area contributed by atoms with Crippen LogP contribution in [0.25, 0.3) is 0 Å². The quantitative estimate of drug-likeness (QED) is 0.616. The Labute approximate surface area is 163 Å². The molecular formula is C22H20N6. The SMILES string of the molecule is N#C[C@@H]1CC2(C34C[C@@H](C#N)NC3Nc3ccccc34)c3ccccc3NC2N1. The zero-order valence-electron chi connectivity index (χ0n) is 15.2. The van der Waals surface area contributed by atoms with E-state index < -0.39 is 0 Å². The van der Waals surface area contributed by atoms with E-state index in [9.17, 15) is 10.5 Å². The van der Waals surface area contributed by atoms with Crippen molar-refractivity contribution in [2.24, 2.45) is 0 Å². The summed E-state index contributed by atoms with van der Waals surface area (Å²) < 4.78 is 0. The highest BCUT2D eigenvalue weighted by molar-refractivity contribution is 5.72. The molecule has 4 aliphatic rings. The van der Waals surface area contributed by atoms with E-state index in [0.29, 0.717) is 12.8 Å². The third-order valence-corrected chi connectivity index (χ3v) is 7.30. The van der Waals surface area contributed by atoms with E-state index in [1.807, 2.05) is 12.1 Å². The van der Waals surface area contributed by atoms with Gasteiger partial charge in [0.05, 0.1) is 36.6 Å². The summed E-state index contributed by atoms with van der Waals surface area (Å²) >= 11 is 0. The molecular weight excluding hydrogens is 348 g/mol. The van der Waals surface area contributed by atoms with Crippen LogP contribution < -0.4 is 21.3 Å². The van der Waals surface area contributed by atoms with Crippen LogP contribution in [-0.4, -0.2) is 24.4 Å². The molecule has 0 bridgehead atoms. The van der Waals surface area contributed by atoms with Gasteiger partial charge in [-0.2, -0.15) is 10.5 Å². The molecule has 138 valence electrons. The number of hydrogen-bond donors (Lipinski definition) is 4. The number of fused-ring (bicyclic) bond motifs is 7. The molecule has 0 radical (unpaired) electrons. The topological polar surface area (TPSA) is 95.7 Å². The number of nitrogens with zero attached hydrogens (tertiary/aromatic N) is 2. The zero-order chi connectivity index (χ0) is 18.9. The predicted molar refractivity (Wildman–Crippen MR) is 105 cm³/mol. The van der Waals surface area contributed by atoms with Crippen LogP contribution >= 0.6 is 0 Å². The largest absolute Gasteiger partial charge is 0.369 e. The summed E-state index contributed by atoms with van der Waals surface area (Å²) in [5, 5.41) is 33.8. The first kappa shape index (κ1) is 15.9. The summed E-state index contributed by atoms with van der Waals surface area (Å²) in [5.74, 6) is 0. The fourth-order valence-electron chi connectivity index (χ4n) is 6.38. The Balaban J connectivity index is 1.66. The van der Waals surface area contributed by atoms with Crippen molar-refractivity contribution in [2.45, 2.75) is 48.1 Å². The van der Waals surface area contributed by atoms with E-state index in [-0.39, 0.29) is 35.2 Å². The third-order valence-electron chi connectivity index (χ3n) is 7.30. The molecule has 2 aromatic carbocycles. The molecule has 6 heteroatoms. The van der Waals surface area contributed by atoms with E-state index in [2.05, 4.69) is 69.8 Å². The first-order valence-corrected chi connectivity index (χ1v) is 9.76. The number of nitriles is 2. The average molecular weight is 368 g/mol. The van der Waals surface area contributed by atoms with Crippen LogP contribution in [0.1, 0.15) is 24.0 Å². The van der Waals surface area contributed by atoms with Crippen molar-refractivity contribution in [3.8, 4) is 12.1 Å². The second kappa shape index (κ2) is 5.26. The van der Waals surface area contributed by atoms with E-state index >= 15 is 0 Å². The van der Waals surface area contributed by atoms with Gasteiger partial charge in [-0.15, -0.1) is 0 Å². The van der Waals surface area contributed by atoms with Crippen molar-refractivity contribution in [3.63, 3.8) is 0 Å². The van der Waals surface area contributed by atoms with Crippen molar-refractivity contribution < 1.29 is 0 Å². The lowest BCUT2D eigenvalue weighted by Crippen LogP contribution is -2.59. The number of benzene rings is 2. The molecule has 4 unspecified atom stereocenters. The van der Waals surface area contributed by atoms with Crippen LogP contribution in [0.5, 0.6) is 0 Å². The molecule has 2 aromatic rings. The Bertz CT molecular complexity index is 982. The van der Waals surface area contributed by atoms with Gasteiger partial charge < -0.3 is 10.6 Å². The van der Waals surface area contributed by atoms with Gasteiger partial charge in [0.2, 0.25) is 0 Å². The lowest BCUT2D eigenvalue weighted by molar-refractivity contribution is 0.202. The maximum Gasteiger partial charge on any atom is 0.0978 e. The lowest BCUT2D eigenvalue weighted by atomic mass is 9.54. The number of anilines is 2. The smallest absolute Gasteiger partial charge is 0.0978 e. The van der Waals surface area contributed by atoms with E-state index in [1.165, 1.54) is 11.1 Å². The molecule has 6 atom stereocenters. The first-order valence-electron chi connectivity index (χ1n) is 9.76. The van der Waals surface area contributed by atoms with Crippen LogP contribution in [0.3, 0.4) is 0 Å². The standard InChI is InChI=1S/C22H20N6/c23-11-13-9-21(15-5-1-3-7-17(15)27-19(21)25-13)22-10-14(12-24)26-20(22)28-18-8-4-2-6-16(18)22/h1-8,13-14,19-20,25-28H,9-10H2/t13-,14-,19?,20?,21?,22?/m0/s1. The third kappa shape index (κ3) is 1.64. The fraction of sp³-hybridized carbons (Fsp3) is 0.364. The Kier molecular flexibility index (Phi) is 3.00. The lowest BCUT2D eigenvalue weighted by Gasteiger charge is -2.47. The first-order chi connectivity index (χ1) is 13.7.